The number of methoxy groups -OCH3 is 1. The van der Waals surface area contributed by atoms with Crippen molar-refractivity contribution < 1.29 is 34.9 Å². The molecule has 0 saturated carbocycles. The summed E-state index contributed by atoms with van der Waals surface area (Å²) in [5, 5.41) is 5.64. The second-order valence-corrected chi connectivity index (χ2v) is 17.1. The minimum absolute atomic E-state index is 0.0464. The van der Waals surface area contributed by atoms with Crippen LogP contribution < -0.4 is 19.3 Å². The van der Waals surface area contributed by atoms with E-state index >= 15 is 0 Å². The largest absolute Gasteiger partial charge is 0.534 e. The first kappa shape index (κ1) is 32.1. The quantitative estimate of drug-likeness (QED) is 0.115. The lowest BCUT2D eigenvalue weighted by atomic mass is 10.2. The average molecular weight is 657 g/mol. The highest BCUT2D eigenvalue weighted by atomic mass is 32.2. The van der Waals surface area contributed by atoms with Gasteiger partial charge in [-0.25, -0.2) is 14.6 Å². The van der Waals surface area contributed by atoms with E-state index in [1.165, 1.54) is 10.9 Å². The van der Waals surface area contributed by atoms with Crippen molar-refractivity contribution in [3.8, 4) is 11.6 Å². The fourth-order valence-corrected chi connectivity index (χ4v) is 10.1. The molecule has 0 radical (unpaired) electrons. The highest BCUT2D eigenvalue weighted by Gasteiger charge is 2.51. The molecule has 5 aromatic rings. The van der Waals surface area contributed by atoms with Crippen LogP contribution in [0.25, 0.3) is 11.2 Å². The number of benzene rings is 3. The summed E-state index contributed by atoms with van der Waals surface area (Å²) in [6.07, 6.45) is 1.28. The predicted molar refractivity (Wildman–Crippen MR) is 165 cm³/mol. The average Bonchev–Trinajstić information content (AvgIpc) is 3.38. The van der Waals surface area contributed by atoms with E-state index < -0.39 is 41.5 Å². The Bertz CT molecular complexity index is 1840. The lowest BCUT2D eigenvalue weighted by molar-refractivity contribution is -0.0501. The van der Waals surface area contributed by atoms with Crippen LogP contribution in [0.5, 0.6) is 11.6 Å². The second kappa shape index (κ2) is 12.3. The van der Waals surface area contributed by atoms with E-state index in [-0.39, 0.29) is 23.4 Å². The molecular formula is C31H31F3N4O5SSi. The molecule has 0 amide bonds. The molecule has 9 nitrogen and oxygen atoms in total. The molecule has 0 fully saturated rings. The van der Waals surface area contributed by atoms with Crippen LogP contribution in [0.15, 0.2) is 91.1 Å². The monoisotopic (exact) mass is 656 g/mol. The fourth-order valence-electron chi connectivity index (χ4n) is 5.18. The summed E-state index contributed by atoms with van der Waals surface area (Å²) < 4.78 is 82.7. The Morgan fingerprint density at radius 3 is 1.93 bits per heavy atom. The summed E-state index contributed by atoms with van der Waals surface area (Å²) in [7, 11) is -7.72. The van der Waals surface area contributed by atoms with E-state index in [2.05, 4.69) is 19.2 Å². The van der Waals surface area contributed by atoms with Crippen LogP contribution in [0.3, 0.4) is 0 Å². The van der Waals surface area contributed by atoms with Gasteiger partial charge >= 0.3 is 15.6 Å². The van der Waals surface area contributed by atoms with Gasteiger partial charge < -0.3 is 13.3 Å². The first-order valence-corrected chi connectivity index (χ1v) is 17.2. The summed E-state index contributed by atoms with van der Waals surface area (Å²) in [5.41, 5.74) is -4.81. The van der Waals surface area contributed by atoms with Gasteiger partial charge in [0.1, 0.15) is 17.0 Å². The molecule has 0 N–H and O–H groups in total. The van der Waals surface area contributed by atoms with Gasteiger partial charge in [0.2, 0.25) is 0 Å². The third-order valence-corrected chi connectivity index (χ3v) is 13.2. The van der Waals surface area contributed by atoms with Gasteiger partial charge in [0.05, 0.1) is 26.5 Å². The first-order valence-electron chi connectivity index (χ1n) is 13.9. The van der Waals surface area contributed by atoms with Crippen molar-refractivity contribution in [2.75, 3.05) is 7.11 Å². The Hall–Kier alpha value is -4.27. The Balaban J connectivity index is 1.63. The second-order valence-electron chi connectivity index (χ2n) is 11.3. The smallest absolute Gasteiger partial charge is 0.497 e. The Morgan fingerprint density at radius 2 is 1.42 bits per heavy atom. The Kier molecular flexibility index (Phi) is 8.75. The molecule has 0 bridgehead atoms. The maximum absolute atomic E-state index is 13.4. The number of halogens is 3. The van der Waals surface area contributed by atoms with E-state index in [4.69, 9.17) is 9.16 Å². The third-order valence-electron chi connectivity index (χ3n) is 7.31. The van der Waals surface area contributed by atoms with Crippen molar-refractivity contribution in [1.29, 1.82) is 0 Å². The third kappa shape index (κ3) is 6.44. The van der Waals surface area contributed by atoms with Crippen molar-refractivity contribution >= 4 is 40.0 Å². The van der Waals surface area contributed by atoms with Crippen LogP contribution in [-0.2, 0) is 27.7 Å². The van der Waals surface area contributed by atoms with Crippen LogP contribution in [0.2, 0.25) is 5.04 Å². The molecule has 2 heterocycles. The van der Waals surface area contributed by atoms with Gasteiger partial charge in [-0.3, -0.25) is 0 Å². The maximum Gasteiger partial charge on any atom is 0.534 e. The van der Waals surface area contributed by atoms with E-state index in [0.29, 0.717) is 5.75 Å². The van der Waals surface area contributed by atoms with E-state index in [9.17, 15) is 21.6 Å². The van der Waals surface area contributed by atoms with Gasteiger partial charge in [-0.05, 0) is 33.1 Å². The van der Waals surface area contributed by atoms with Gasteiger partial charge in [0.25, 0.3) is 14.2 Å². The zero-order chi connectivity index (χ0) is 32.5. The maximum atomic E-state index is 13.4. The topological polar surface area (TPSA) is 105 Å². The number of nitrogens with zero attached hydrogens (tertiary/aromatic N) is 4. The highest BCUT2D eigenvalue weighted by molar-refractivity contribution is 7.88. The molecule has 0 atom stereocenters. The van der Waals surface area contributed by atoms with Crippen molar-refractivity contribution in [3.05, 3.63) is 102 Å². The predicted octanol–water partition coefficient (Wildman–Crippen LogP) is 5.19. The lowest BCUT2D eigenvalue weighted by Crippen LogP contribution is -2.66. The fraction of sp³-hybridized carbons (Fsp3) is 0.258. The summed E-state index contributed by atoms with van der Waals surface area (Å²) in [4.78, 5) is 8.70. The van der Waals surface area contributed by atoms with Crippen molar-refractivity contribution in [1.82, 2.24) is 19.7 Å². The minimum Gasteiger partial charge on any atom is -0.497 e. The molecule has 236 valence electrons. The summed E-state index contributed by atoms with van der Waals surface area (Å²) in [6.45, 7) is 5.95. The number of hydrogen-bond acceptors (Lipinski definition) is 8. The molecule has 0 spiro atoms. The van der Waals surface area contributed by atoms with Crippen LogP contribution in [0, 0.1) is 0 Å². The molecule has 14 heteroatoms. The van der Waals surface area contributed by atoms with Crippen LogP contribution in [-0.4, -0.2) is 49.1 Å². The van der Waals surface area contributed by atoms with Crippen LogP contribution in [0.4, 0.5) is 13.2 Å². The molecule has 5 rings (SSSR count). The van der Waals surface area contributed by atoms with E-state index in [1.807, 2.05) is 93.6 Å². The lowest BCUT2D eigenvalue weighted by Gasteiger charge is -2.43. The summed E-state index contributed by atoms with van der Waals surface area (Å²) in [6, 6.07) is 26.4. The van der Waals surface area contributed by atoms with Crippen molar-refractivity contribution in [2.24, 2.45) is 0 Å². The number of alkyl halides is 3. The SMILES string of the molecule is COc1ccc(Cn2ncc3nc(OS(=O)(=O)C(F)(F)F)c(CO[Si](c4ccccc4)(c4ccccc4)C(C)(C)C)nc32)cc1. The molecule has 0 saturated heterocycles. The molecule has 0 aliphatic carbocycles. The van der Waals surface area contributed by atoms with E-state index in [1.54, 1.807) is 19.2 Å². The van der Waals surface area contributed by atoms with Gasteiger partial charge in [0.15, 0.2) is 5.65 Å². The normalized spacial score (nSPS) is 12.8. The highest BCUT2D eigenvalue weighted by Crippen LogP contribution is 2.38. The molecule has 0 aliphatic rings. The van der Waals surface area contributed by atoms with Crippen LogP contribution >= 0.6 is 0 Å². The number of aromatic nitrogens is 4. The van der Waals surface area contributed by atoms with Crippen molar-refractivity contribution in [3.63, 3.8) is 0 Å². The summed E-state index contributed by atoms with van der Waals surface area (Å²) >= 11 is 0. The van der Waals surface area contributed by atoms with Gasteiger partial charge in [-0.15, -0.1) is 0 Å². The number of hydrogen-bond donors (Lipinski definition) is 0. The van der Waals surface area contributed by atoms with Gasteiger partial charge in [-0.1, -0.05) is 93.6 Å². The molecule has 0 aliphatic heterocycles. The van der Waals surface area contributed by atoms with Gasteiger partial charge in [0, 0.05) is 0 Å². The molecule has 0 unspecified atom stereocenters. The standard InChI is InChI=1S/C31H31F3N4O5SSi/c1-30(2,3)45(24-11-7-5-8-12-24,25-13-9-6-10-14-25)42-21-27-29(43-44(39,40)31(32,33)34)37-26-19-35-38(28(26)36-27)20-22-15-17-23(41-4)18-16-22/h5-19H,20-21H2,1-4H3. The zero-order valence-corrected chi connectivity index (χ0v) is 26.8. The van der Waals surface area contributed by atoms with Crippen LogP contribution in [0.1, 0.15) is 32.0 Å². The number of ether oxygens (including phenoxy) is 1. The Morgan fingerprint density at radius 1 is 0.844 bits per heavy atom. The summed E-state index contributed by atoms with van der Waals surface area (Å²) in [5.74, 6) is -0.166. The van der Waals surface area contributed by atoms with Gasteiger partial charge in [-0.2, -0.15) is 26.7 Å². The zero-order valence-electron chi connectivity index (χ0n) is 24.9. The Labute approximate surface area is 259 Å². The molecule has 45 heavy (non-hydrogen) atoms. The van der Waals surface area contributed by atoms with E-state index in [0.717, 1.165) is 15.9 Å². The molecule has 3 aromatic carbocycles. The minimum atomic E-state index is -6.06. The number of rotatable bonds is 10. The number of fused-ring (bicyclic) bond motifs is 1. The molecular weight excluding hydrogens is 626 g/mol. The van der Waals surface area contributed by atoms with Crippen molar-refractivity contribution in [2.45, 2.75) is 44.5 Å². The first-order chi connectivity index (χ1) is 21.2. The molecule has 2 aromatic heterocycles.